The van der Waals surface area contributed by atoms with Gasteiger partial charge in [0.25, 0.3) is 0 Å². The van der Waals surface area contributed by atoms with Crippen LogP contribution in [0.25, 0.3) is 0 Å². The fourth-order valence-corrected chi connectivity index (χ4v) is 1.78. The Morgan fingerprint density at radius 2 is 2.00 bits per heavy atom. The van der Waals surface area contributed by atoms with Gasteiger partial charge in [0.05, 0.1) is 17.9 Å². The highest BCUT2D eigenvalue weighted by Gasteiger charge is 2.21. The number of nitrogens with zero attached hydrogens (tertiary/aromatic N) is 2. The third kappa shape index (κ3) is 7.53. The highest BCUT2D eigenvalue weighted by atomic mass is 16.6. The molecule has 8 nitrogen and oxygen atoms in total. The van der Waals surface area contributed by atoms with Gasteiger partial charge in [-0.15, -0.1) is 0 Å². The van der Waals surface area contributed by atoms with Crippen molar-refractivity contribution in [2.45, 2.75) is 46.3 Å². The van der Waals surface area contributed by atoms with Crippen LogP contribution < -0.4 is 16.0 Å². The van der Waals surface area contributed by atoms with Gasteiger partial charge in [-0.2, -0.15) is 5.10 Å². The lowest BCUT2D eigenvalue weighted by Crippen LogP contribution is -2.48. The van der Waals surface area contributed by atoms with E-state index in [9.17, 15) is 9.59 Å². The van der Waals surface area contributed by atoms with Crippen LogP contribution in [0.2, 0.25) is 0 Å². The van der Waals surface area contributed by atoms with E-state index < -0.39 is 11.7 Å². The molecular weight excluding hydrogens is 298 g/mol. The minimum atomic E-state index is -0.559. The van der Waals surface area contributed by atoms with Crippen molar-refractivity contribution in [1.29, 1.82) is 0 Å². The summed E-state index contributed by atoms with van der Waals surface area (Å²) in [5, 5.41) is 12.1. The van der Waals surface area contributed by atoms with Crippen LogP contribution in [-0.2, 0) is 11.8 Å². The number of hydrogen-bond acceptors (Lipinski definition) is 4. The molecule has 0 bridgehead atoms. The van der Waals surface area contributed by atoms with Crippen molar-refractivity contribution < 1.29 is 14.3 Å². The van der Waals surface area contributed by atoms with Gasteiger partial charge in [0, 0.05) is 19.8 Å². The predicted octanol–water partition coefficient (Wildman–Crippen LogP) is 2.09. The number of urea groups is 1. The van der Waals surface area contributed by atoms with E-state index in [1.165, 1.54) is 0 Å². The number of anilines is 1. The minimum Gasteiger partial charge on any atom is -0.444 e. The highest BCUT2D eigenvalue weighted by Crippen LogP contribution is 2.08. The molecule has 0 aliphatic rings. The van der Waals surface area contributed by atoms with Crippen LogP contribution in [0.5, 0.6) is 0 Å². The molecule has 23 heavy (non-hydrogen) atoms. The van der Waals surface area contributed by atoms with Gasteiger partial charge in [0.15, 0.2) is 0 Å². The first kappa shape index (κ1) is 18.8. The number of nitrogens with one attached hydrogen (secondary N) is 3. The lowest BCUT2D eigenvalue weighted by molar-refractivity contribution is 0.0490. The Hall–Kier alpha value is -2.25. The summed E-state index contributed by atoms with van der Waals surface area (Å²) in [6, 6.07) is -0.584. The molecule has 1 atom stereocenters. The van der Waals surface area contributed by atoms with Crippen LogP contribution in [-0.4, -0.2) is 40.1 Å². The van der Waals surface area contributed by atoms with Crippen LogP contribution in [0.3, 0.4) is 0 Å². The van der Waals surface area contributed by atoms with E-state index in [0.29, 0.717) is 12.2 Å². The van der Waals surface area contributed by atoms with Gasteiger partial charge >= 0.3 is 12.1 Å². The number of rotatable bonds is 5. The third-order valence-electron chi connectivity index (χ3n) is 2.95. The molecule has 1 unspecified atom stereocenters. The van der Waals surface area contributed by atoms with Crippen molar-refractivity contribution in [2.24, 2.45) is 13.0 Å². The summed E-state index contributed by atoms with van der Waals surface area (Å²) in [6.07, 6.45) is 2.75. The number of carbonyl (C=O) groups is 2. The summed E-state index contributed by atoms with van der Waals surface area (Å²) in [5.74, 6) is 0.140. The van der Waals surface area contributed by atoms with Crippen LogP contribution >= 0.6 is 0 Å². The Morgan fingerprint density at radius 3 is 2.48 bits per heavy atom. The average Bonchev–Trinajstić information content (AvgIpc) is 2.77. The zero-order valence-electron chi connectivity index (χ0n) is 14.6. The van der Waals surface area contributed by atoms with E-state index in [2.05, 4.69) is 21.0 Å². The molecule has 3 amide bonds. The Labute approximate surface area is 137 Å². The molecular formula is C15H27N5O3. The Balaban J connectivity index is 2.46. The van der Waals surface area contributed by atoms with E-state index in [0.717, 1.165) is 0 Å². The second kappa shape index (κ2) is 7.85. The van der Waals surface area contributed by atoms with Crippen LogP contribution in [0.1, 0.15) is 34.6 Å². The van der Waals surface area contributed by atoms with Crippen molar-refractivity contribution in [2.75, 3.05) is 11.9 Å². The Morgan fingerprint density at radius 1 is 1.35 bits per heavy atom. The molecule has 0 saturated heterocycles. The smallest absolute Gasteiger partial charge is 0.407 e. The maximum atomic E-state index is 11.9. The molecule has 8 heteroatoms. The lowest BCUT2D eigenvalue weighted by Gasteiger charge is -2.26. The molecule has 0 spiro atoms. The van der Waals surface area contributed by atoms with Gasteiger partial charge in [-0.05, 0) is 26.7 Å². The summed E-state index contributed by atoms with van der Waals surface area (Å²) in [7, 11) is 1.77. The number of amides is 3. The molecule has 1 aromatic heterocycles. The van der Waals surface area contributed by atoms with E-state index in [-0.39, 0.29) is 18.0 Å². The first-order chi connectivity index (χ1) is 10.6. The van der Waals surface area contributed by atoms with E-state index in [4.69, 9.17) is 4.74 Å². The van der Waals surface area contributed by atoms with Crippen LogP contribution in [0.4, 0.5) is 15.3 Å². The number of aryl methyl sites for hydroxylation is 1. The number of aromatic nitrogens is 2. The predicted molar refractivity (Wildman–Crippen MR) is 88.2 cm³/mol. The molecule has 0 aliphatic carbocycles. The largest absolute Gasteiger partial charge is 0.444 e. The fraction of sp³-hybridized carbons (Fsp3) is 0.667. The number of alkyl carbamates (subject to hydrolysis) is 1. The maximum Gasteiger partial charge on any atom is 0.407 e. The summed E-state index contributed by atoms with van der Waals surface area (Å²) >= 11 is 0. The normalized spacial score (nSPS) is 12.7. The second-order valence-electron chi connectivity index (χ2n) is 6.73. The molecule has 1 aromatic rings. The summed E-state index contributed by atoms with van der Waals surface area (Å²) in [5.41, 5.74) is 0.0442. The first-order valence-corrected chi connectivity index (χ1v) is 7.60. The first-order valence-electron chi connectivity index (χ1n) is 7.60. The number of carbonyl (C=O) groups excluding carboxylic acids is 2. The molecule has 0 aromatic carbocycles. The van der Waals surface area contributed by atoms with Gasteiger partial charge in [-0.25, -0.2) is 9.59 Å². The Bertz CT molecular complexity index is 533. The van der Waals surface area contributed by atoms with Gasteiger partial charge in [-0.1, -0.05) is 13.8 Å². The number of ether oxygens (including phenoxy) is 1. The Kier molecular flexibility index (Phi) is 6.41. The summed E-state index contributed by atoms with van der Waals surface area (Å²) in [4.78, 5) is 23.7. The standard InChI is InChI=1S/C15H27N5O3/c1-10(2)12(19-14(22)23-15(3,4)5)8-16-13(21)18-11-7-17-20(6)9-11/h7,9-10,12H,8H2,1-6H3,(H,19,22)(H2,16,18,21). The van der Waals surface area contributed by atoms with Crippen molar-refractivity contribution in [1.82, 2.24) is 20.4 Å². The van der Waals surface area contributed by atoms with E-state index >= 15 is 0 Å². The summed E-state index contributed by atoms with van der Waals surface area (Å²) < 4.78 is 6.83. The van der Waals surface area contributed by atoms with E-state index in [1.807, 2.05) is 13.8 Å². The SMILES string of the molecule is CC(C)C(CNC(=O)Nc1cnn(C)c1)NC(=O)OC(C)(C)C. The van der Waals surface area contributed by atoms with Crippen LogP contribution in [0.15, 0.2) is 12.4 Å². The quantitative estimate of drug-likeness (QED) is 0.772. The fourth-order valence-electron chi connectivity index (χ4n) is 1.78. The molecule has 1 rings (SSSR count). The second-order valence-corrected chi connectivity index (χ2v) is 6.73. The van der Waals surface area contributed by atoms with Crippen molar-refractivity contribution in [3.63, 3.8) is 0 Å². The maximum absolute atomic E-state index is 11.9. The van der Waals surface area contributed by atoms with Crippen molar-refractivity contribution >= 4 is 17.8 Å². The summed E-state index contributed by atoms with van der Waals surface area (Å²) in [6.45, 7) is 9.62. The molecule has 0 saturated carbocycles. The van der Waals surface area contributed by atoms with Gasteiger partial charge in [0.1, 0.15) is 5.60 Å². The molecule has 0 aliphatic heterocycles. The van der Waals surface area contributed by atoms with Gasteiger partial charge in [-0.3, -0.25) is 4.68 Å². The lowest BCUT2D eigenvalue weighted by atomic mass is 10.0. The monoisotopic (exact) mass is 325 g/mol. The molecule has 1 heterocycles. The third-order valence-corrected chi connectivity index (χ3v) is 2.95. The zero-order chi connectivity index (χ0) is 17.6. The average molecular weight is 325 g/mol. The van der Waals surface area contributed by atoms with Crippen LogP contribution in [0, 0.1) is 5.92 Å². The molecule has 3 N–H and O–H groups in total. The molecule has 130 valence electrons. The number of hydrogen-bond donors (Lipinski definition) is 3. The molecule has 0 radical (unpaired) electrons. The van der Waals surface area contributed by atoms with Gasteiger partial charge < -0.3 is 20.7 Å². The van der Waals surface area contributed by atoms with Crippen molar-refractivity contribution in [3.8, 4) is 0 Å². The minimum absolute atomic E-state index is 0.140. The zero-order valence-corrected chi connectivity index (χ0v) is 14.6. The highest BCUT2D eigenvalue weighted by molar-refractivity contribution is 5.88. The topological polar surface area (TPSA) is 97.3 Å². The van der Waals surface area contributed by atoms with E-state index in [1.54, 1.807) is 44.9 Å². The van der Waals surface area contributed by atoms with Crippen molar-refractivity contribution in [3.05, 3.63) is 12.4 Å². The molecule has 0 fully saturated rings. The van der Waals surface area contributed by atoms with Gasteiger partial charge in [0.2, 0.25) is 0 Å².